The molecule has 31 heavy (non-hydrogen) atoms. The number of hydrogen-bond acceptors (Lipinski definition) is 5. The highest BCUT2D eigenvalue weighted by Crippen LogP contribution is 2.37. The van der Waals surface area contributed by atoms with Crippen LogP contribution in [-0.4, -0.2) is 57.1 Å². The van der Waals surface area contributed by atoms with E-state index in [2.05, 4.69) is 22.0 Å². The van der Waals surface area contributed by atoms with Gasteiger partial charge in [0.15, 0.2) is 0 Å². The molecule has 10 heteroatoms. The van der Waals surface area contributed by atoms with E-state index in [0.29, 0.717) is 18.8 Å². The molecule has 8 nitrogen and oxygen atoms in total. The molecule has 1 saturated heterocycles. The summed E-state index contributed by atoms with van der Waals surface area (Å²) in [7, 11) is -4.66. The molecule has 3 N–H and O–H groups in total. The highest BCUT2D eigenvalue weighted by molar-refractivity contribution is 7.99. The average molecular weight is 464 g/mol. The number of amides is 2. The quantitative estimate of drug-likeness (QED) is 0.514. The maximum Gasteiger partial charge on any atom is 0.524 e. The van der Waals surface area contributed by atoms with E-state index >= 15 is 0 Å². The summed E-state index contributed by atoms with van der Waals surface area (Å²) in [5, 5.41) is 2.79. The smallest absolute Gasteiger partial charge is 0.404 e. The van der Waals surface area contributed by atoms with Gasteiger partial charge in [-0.1, -0.05) is 30.3 Å². The van der Waals surface area contributed by atoms with Gasteiger partial charge in [-0.05, 0) is 42.7 Å². The van der Waals surface area contributed by atoms with Gasteiger partial charge in [0.1, 0.15) is 11.8 Å². The van der Waals surface area contributed by atoms with Gasteiger partial charge in [0.25, 0.3) is 5.91 Å². The van der Waals surface area contributed by atoms with E-state index in [1.807, 2.05) is 23.1 Å². The van der Waals surface area contributed by atoms with E-state index in [1.165, 1.54) is 29.8 Å². The summed E-state index contributed by atoms with van der Waals surface area (Å²) in [6.07, 6.45) is 1.74. The molecule has 0 aromatic heterocycles. The number of nitrogens with zero attached hydrogens (tertiary/aromatic N) is 1. The number of phosphoric acid groups is 1. The number of aryl methyl sites for hydroxylation is 1. The van der Waals surface area contributed by atoms with Crippen molar-refractivity contribution < 1.29 is 28.5 Å². The number of rotatable bonds is 8. The second-order valence-electron chi connectivity index (χ2n) is 7.12. The molecule has 0 aliphatic carbocycles. The number of nitrogens with one attached hydrogen (secondary N) is 1. The van der Waals surface area contributed by atoms with Gasteiger partial charge >= 0.3 is 7.82 Å². The summed E-state index contributed by atoms with van der Waals surface area (Å²) in [6, 6.07) is 14.9. The van der Waals surface area contributed by atoms with Crippen LogP contribution in [0.4, 0.5) is 0 Å². The standard InChI is InChI=1S/C21H25N2O6PS/c24-20(17-8-10-18(11-9-17)29-30(26,27)28)22-19-15-31-14-13-23(21(19)25)12-4-7-16-5-2-1-3-6-16/h1-3,5-6,8-11,19H,4,7,12-15H2,(H,22,24)(H2,26,27,28)/t19-/m0/s1. The molecule has 1 heterocycles. The van der Waals surface area contributed by atoms with Crippen molar-refractivity contribution in [3.05, 3.63) is 65.7 Å². The second kappa shape index (κ2) is 10.8. The molecule has 2 amide bonds. The minimum Gasteiger partial charge on any atom is -0.404 e. The summed E-state index contributed by atoms with van der Waals surface area (Å²) in [4.78, 5) is 45.0. The minimum atomic E-state index is -4.66. The SMILES string of the molecule is O=C(N[C@H]1CSCCN(CCCc2ccccc2)C1=O)c1ccc(OP(=O)(O)O)cc1. The van der Waals surface area contributed by atoms with Crippen LogP contribution in [0.1, 0.15) is 22.3 Å². The summed E-state index contributed by atoms with van der Waals surface area (Å²) in [6.45, 7) is 1.29. The van der Waals surface area contributed by atoms with Crippen LogP contribution < -0.4 is 9.84 Å². The largest absolute Gasteiger partial charge is 0.524 e. The van der Waals surface area contributed by atoms with Crippen molar-refractivity contribution >= 4 is 31.4 Å². The zero-order valence-corrected chi connectivity index (χ0v) is 18.6. The van der Waals surface area contributed by atoms with Gasteiger partial charge in [0.2, 0.25) is 5.91 Å². The Morgan fingerprint density at radius 2 is 1.87 bits per heavy atom. The first-order chi connectivity index (χ1) is 14.8. The summed E-state index contributed by atoms with van der Waals surface area (Å²) in [5.41, 5.74) is 1.51. The first-order valence-electron chi connectivity index (χ1n) is 9.88. The van der Waals surface area contributed by atoms with Gasteiger partial charge in [-0.3, -0.25) is 19.4 Å². The van der Waals surface area contributed by atoms with Crippen LogP contribution in [-0.2, 0) is 15.8 Å². The summed E-state index contributed by atoms with van der Waals surface area (Å²) < 4.78 is 15.4. The molecule has 0 saturated carbocycles. The maximum absolute atomic E-state index is 13.0. The Morgan fingerprint density at radius 1 is 1.16 bits per heavy atom. The Bertz CT molecular complexity index is 935. The fourth-order valence-electron chi connectivity index (χ4n) is 3.27. The van der Waals surface area contributed by atoms with Crippen LogP contribution in [0, 0.1) is 0 Å². The Hall–Kier alpha value is -2.32. The van der Waals surface area contributed by atoms with Crippen molar-refractivity contribution in [2.45, 2.75) is 18.9 Å². The number of phosphoric ester groups is 1. The van der Waals surface area contributed by atoms with Crippen LogP contribution in [0.25, 0.3) is 0 Å². The van der Waals surface area contributed by atoms with Crippen molar-refractivity contribution in [1.82, 2.24) is 10.2 Å². The van der Waals surface area contributed by atoms with Crippen LogP contribution in [0.5, 0.6) is 5.75 Å². The lowest BCUT2D eigenvalue weighted by molar-refractivity contribution is -0.132. The Morgan fingerprint density at radius 3 is 2.55 bits per heavy atom. The molecule has 1 fully saturated rings. The molecule has 1 atom stereocenters. The first-order valence-corrected chi connectivity index (χ1v) is 12.6. The van der Waals surface area contributed by atoms with Gasteiger partial charge in [0.05, 0.1) is 0 Å². The molecule has 1 aliphatic heterocycles. The third kappa shape index (κ3) is 7.40. The van der Waals surface area contributed by atoms with Gasteiger partial charge in [-0.25, -0.2) is 4.57 Å². The first kappa shape index (κ1) is 23.3. The second-order valence-corrected chi connectivity index (χ2v) is 9.44. The average Bonchev–Trinajstić information content (AvgIpc) is 2.90. The van der Waals surface area contributed by atoms with Gasteiger partial charge < -0.3 is 14.7 Å². The normalized spacial score (nSPS) is 17.2. The predicted molar refractivity (Wildman–Crippen MR) is 119 cm³/mol. The zero-order chi connectivity index (χ0) is 22.3. The molecule has 166 valence electrons. The molecule has 0 bridgehead atoms. The summed E-state index contributed by atoms with van der Waals surface area (Å²) in [5.74, 6) is 0.757. The van der Waals surface area contributed by atoms with Crippen molar-refractivity contribution in [1.29, 1.82) is 0 Å². The van der Waals surface area contributed by atoms with Crippen molar-refractivity contribution in [3.63, 3.8) is 0 Å². The highest BCUT2D eigenvalue weighted by Gasteiger charge is 2.28. The molecule has 0 unspecified atom stereocenters. The molecular formula is C21H25N2O6PS. The lowest BCUT2D eigenvalue weighted by Gasteiger charge is -2.24. The van der Waals surface area contributed by atoms with E-state index in [4.69, 9.17) is 9.79 Å². The molecule has 1 aliphatic rings. The van der Waals surface area contributed by atoms with Crippen LogP contribution in [0.2, 0.25) is 0 Å². The Labute approximate surface area is 185 Å². The Kier molecular flexibility index (Phi) is 8.15. The van der Waals surface area contributed by atoms with Gasteiger partial charge in [-0.2, -0.15) is 11.8 Å². The highest BCUT2D eigenvalue weighted by atomic mass is 32.2. The topological polar surface area (TPSA) is 116 Å². The lowest BCUT2D eigenvalue weighted by atomic mass is 10.1. The number of hydrogen-bond donors (Lipinski definition) is 3. The number of carbonyl (C=O) groups is 2. The van der Waals surface area contributed by atoms with E-state index in [-0.39, 0.29) is 17.2 Å². The maximum atomic E-state index is 13.0. The van der Waals surface area contributed by atoms with Crippen molar-refractivity contribution in [2.24, 2.45) is 0 Å². The third-order valence-corrected chi connectivity index (χ3v) is 6.27. The molecule has 2 aromatic carbocycles. The molecule has 3 rings (SSSR count). The van der Waals surface area contributed by atoms with Gasteiger partial charge in [-0.15, -0.1) is 0 Å². The third-order valence-electron chi connectivity index (χ3n) is 4.78. The number of thioether (sulfide) groups is 1. The van der Waals surface area contributed by atoms with Crippen LogP contribution in [0.3, 0.4) is 0 Å². The molecular weight excluding hydrogens is 439 g/mol. The predicted octanol–water partition coefficient (Wildman–Crippen LogP) is 2.46. The van der Waals surface area contributed by atoms with E-state index < -0.39 is 19.8 Å². The number of carbonyl (C=O) groups excluding carboxylic acids is 2. The lowest BCUT2D eigenvalue weighted by Crippen LogP contribution is -2.49. The van der Waals surface area contributed by atoms with E-state index in [0.717, 1.165) is 18.6 Å². The fraction of sp³-hybridized carbons (Fsp3) is 0.333. The molecule has 2 aromatic rings. The van der Waals surface area contributed by atoms with Crippen molar-refractivity contribution in [2.75, 3.05) is 24.6 Å². The molecule has 0 spiro atoms. The fourth-order valence-corrected chi connectivity index (χ4v) is 4.64. The van der Waals surface area contributed by atoms with Gasteiger partial charge in [0, 0.05) is 30.2 Å². The van der Waals surface area contributed by atoms with Crippen LogP contribution >= 0.6 is 19.6 Å². The summed E-state index contributed by atoms with van der Waals surface area (Å²) >= 11 is 1.62. The van der Waals surface area contributed by atoms with E-state index in [9.17, 15) is 14.2 Å². The van der Waals surface area contributed by atoms with Crippen LogP contribution in [0.15, 0.2) is 54.6 Å². The number of benzene rings is 2. The zero-order valence-electron chi connectivity index (χ0n) is 16.8. The van der Waals surface area contributed by atoms with Crippen molar-refractivity contribution in [3.8, 4) is 5.75 Å². The Balaban J connectivity index is 1.56. The minimum absolute atomic E-state index is 0.0458. The monoisotopic (exact) mass is 464 g/mol. The molecule has 0 radical (unpaired) electrons. The van der Waals surface area contributed by atoms with E-state index in [1.54, 1.807) is 11.8 Å².